The van der Waals surface area contributed by atoms with Crippen LogP contribution in [-0.2, 0) is 9.59 Å². The zero-order valence-electron chi connectivity index (χ0n) is 19.3. The van der Waals surface area contributed by atoms with Crippen LogP contribution in [0.15, 0.2) is 0 Å². The van der Waals surface area contributed by atoms with Crippen LogP contribution >= 0.6 is 0 Å². The van der Waals surface area contributed by atoms with Crippen LogP contribution in [0.1, 0.15) is 81.1 Å². The molecule has 2 heterocycles. The maximum atomic E-state index is 12.0. The van der Waals surface area contributed by atoms with Gasteiger partial charge in [0, 0.05) is 34.2 Å². The van der Waals surface area contributed by atoms with Crippen LogP contribution in [0.25, 0.3) is 0 Å². The van der Waals surface area contributed by atoms with Crippen molar-refractivity contribution in [2.45, 2.75) is 115 Å². The molecule has 0 unspecified atom stereocenters. The van der Waals surface area contributed by atoms with Gasteiger partial charge in [-0.25, -0.2) is 0 Å². The van der Waals surface area contributed by atoms with E-state index in [0.717, 1.165) is 12.8 Å². The molecule has 2 aliphatic rings. The van der Waals surface area contributed by atoms with E-state index >= 15 is 0 Å². The van der Waals surface area contributed by atoms with Crippen molar-refractivity contribution in [1.82, 2.24) is 19.9 Å². The number of carbonyl (C=O) groups excluding carboxylic acids is 2. The minimum Gasteiger partial charge on any atom is -0.324 e. The summed E-state index contributed by atoms with van der Waals surface area (Å²) in [6.45, 7) is 15.9. The summed E-state index contributed by atoms with van der Waals surface area (Å²) in [7, 11) is 0. The molecule has 0 aliphatic carbocycles. The molecule has 0 atom stereocenters. The highest BCUT2D eigenvalue weighted by molar-refractivity contribution is 5.52. The predicted molar refractivity (Wildman–Crippen MR) is 110 cm³/mol. The van der Waals surface area contributed by atoms with Crippen LogP contribution in [-0.4, -0.2) is 84.1 Å². The monoisotopic (exact) mass is 412 g/mol. The minimum absolute atomic E-state index is 0.0812. The molecule has 29 heavy (non-hydrogen) atoms. The number of hydrogen-bond donors (Lipinski definition) is 2. The fourth-order valence-corrected chi connectivity index (χ4v) is 5.56. The second-order valence-electron chi connectivity index (χ2n) is 11.4. The van der Waals surface area contributed by atoms with Crippen LogP contribution < -0.4 is 0 Å². The molecule has 0 aromatic carbocycles. The van der Waals surface area contributed by atoms with Crippen molar-refractivity contribution >= 4 is 12.8 Å². The van der Waals surface area contributed by atoms with Crippen molar-refractivity contribution in [3.8, 4) is 0 Å². The van der Waals surface area contributed by atoms with Gasteiger partial charge in [-0.1, -0.05) is 0 Å². The Morgan fingerprint density at radius 1 is 0.690 bits per heavy atom. The van der Waals surface area contributed by atoms with Gasteiger partial charge < -0.3 is 20.2 Å². The molecular formula is C21H40N4O4. The molecule has 2 fully saturated rings. The van der Waals surface area contributed by atoms with Crippen molar-refractivity contribution in [3.63, 3.8) is 0 Å². The summed E-state index contributed by atoms with van der Waals surface area (Å²) in [6.07, 6.45) is 4.10. The summed E-state index contributed by atoms with van der Waals surface area (Å²) in [5.41, 5.74) is -1.92. The molecule has 0 spiro atoms. The summed E-state index contributed by atoms with van der Waals surface area (Å²) in [5.74, 6) is 0. The van der Waals surface area contributed by atoms with Crippen LogP contribution in [0, 0.1) is 0 Å². The van der Waals surface area contributed by atoms with E-state index < -0.39 is 22.2 Å². The largest absolute Gasteiger partial charge is 0.324 e. The lowest BCUT2D eigenvalue weighted by atomic mass is 9.78. The topological polar surface area (TPSA) is 87.6 Å². The number of nitrogens with zero attached hydrogens (tertiary/aromatic N) is 4. The zero-order chi connectivity index (χ0) is 22.4. The van der Waals surface area contributed by atoms with Gasteiger partial charge in [-0.05, 0) is 81.1 Å². The fraction of sp³-hybridized carbons (Fsp3) is 0.905. The molecule has 2 rings (SSSR count). The maximum absolute atomic E-state index is 12.0. The van der Waals surface area contributed by atoms with Gasteiger partial charge in [0.15, 0.2) is 0 Å². The highest BCUT2D eigenvalue weighted by Gasteiger charge is 2.49. The Morgan fingerprint density at radius 3 is 1.14 bits per heavy atom. The quantitative estimate of drug-likeness (QED) is 0.515. The van der Waals surface area contributed by atoms with E-state index in [0.29, 0.717) is 25.7 Å². The predicted octanol–water partition coefficient (Wildman–Crippen LogP) is 2.68. The number of hydroxylamine groups is 4. The SMILES string of the molecule is CC1(C)CC(N(C=O)CN(C=O)C2CC(C)(C)N(O)C(C)(C)C2)CC(C)(C)N1O. The summed E-state index contributed by atoms with van der Waals surface area (Å²) in [6, 6.07) is -0.162. The maximum Gasteiger partial charge on any atom is 0.211 e. The third kappa shape index (κ3) is 4.76. The van der Waals surface area contributed by atoms with Crippen molar-refractivity contribution in [3.05, 3.63) is 0 Å². The Kier molecular flexibility index (Phi) is 6.47. The molecule has 0 aromatic heterocycles. The molecule has 0 radical (unpaired) electrons. The summed E-state index contributed by atoms with van der Waals surface area (Å²) in [5, 5.41) is 23.9. The molecule has 2 N–H and O–H groups in total. The van der Waals surface area contributed by atoms with E-state index in [1.54, 1.807) is 9.80 Å². The van der Waals surface area contributed by atoms with E-state index in [1.165, 1.54) is 10.1 Å². The Hall–Kier alpha value is -1.22. The van der Waals surface area contributed by atoms with E-state index in [1.807, 2.05) is 55.4 Å². The molecule has 0 aromatic rings. The zero-order valence-corrected chi connectivity index (χ0v) is 19.3. The Bertz CT molecular complexity index is 532. The van der Waals surface area contributed by atoms with Crippen LogP contribution in [0.5, 0.6) is 0 Å². The van der Waals surface area contributed by atoms with E-state index in [2.05, 4.69) is 0 Å². The Labute approximate surface area is 175 Å². The van der Waals surface area contributed by atoms with Crippen molar-refractivity contribution in [2.75, 3.05) is 6.67 Å². The highest BCUT2D eigenvalue weighted by atomic mass is 16.5. The van der Waals surface area contributed by atoms with Crippen molar-refractivity contribution in [2.24, 2.45) is 0 Å². The minimum atomic E-state index is -0.480. The average Bonchev–Trinajstić information content (AvgIpc) is 2.57. The van der Waals surface area contributed by atoms with E-state index in [4.69, 9.17) is 0 Å². The average molecular weight is 413 g/mol. The fourth-order valence-electron chi connectivity index (χ4n) is 5.56. The number of hydrogen-bond acceptors (Lipinski definition) is 6. The second kappa shape index (κ2) is 7.80. The van der Waals surface area contributed by atoms with Crippen molar-refractivity contribution < 1.29 is 20.0 Å². The van der Waals surface area contributed by atoms with Crippen molar-refractivity contribution in [1.29, 1.82) is 0 Å². The Balaban J connectivity index is 2.20. The molecule has 0 bridgehead atoms. The first-order valence-corrected chi connectivity index (χ1v) is 10.5. The molecule has 8 nitrogen and oxygen atoms in total. The van der Waals surface area contributed by atoms with Gasteiger partial charge in [0.2, 0.25) is 12.8 Å². The van der Waals surface area contributed by atoms with Crippen LogP contribution in [0.4, 0.5) is 0 Å². The molecule has 8 heteroatoms. The lowest BCUT2D eigenvalue weighted by molar-refractivity contribution is -0.255. The number of carbonyl (C=O) groups is 2. The van der Waals surface area contributed by atoms with Gasteiger partial charge in [-0.2, -0.15) is 10.1 Å². The number of rotatable bonds is 6. The van der Waals surface area contributed by atoms with Gasteiger partial charge in [0.05, 0.1) is 6.67 Å². The smallest absolute Gasteiger partial charge is 0.211 e. The van der Waals surface area contributed by atoms with E-state index in [9.17, 15) is 20.0 Å². The first-order chi connectivity index (χ1) is 13.1. The molecule has 2 aliphatic heterocycles. The van der Waals surface area contributed by atoms with Crippen LogP contribution in [0.3, 0.4) is 0 Å². The van der Waals surface area contributed by atoms with E-state index in [-0.39, 0.29) is 18.8 Å². The van der Waals surface area contributed by atoms with Gasteiger partial charge in [-0.3, -0.25) is 9.59 Å². The molecule has 168 valence electrons. The summed E-state index contributed by atoms with van der Waals surface area (Å²) in [4.78, 5) is 27.4. The standard InChI is InChI=1S/C21H40N4O4/c1-18(2)9-16(10-19(3,4)24(18)28)22(14-26)13-23(15-27)17-11-20(5,6)25(29)21(7,8)12-17/h14-17,28-29H,9-13H2,1-8H3. The molecule has 2 saturated heterocycles. The highest BCUT2D eigenvalue weighted by Crippen LogP contribution is 2.40. The Morgan fingerprint density at radius 2 is 0.931 bits per heavy atom. The van der Waals surface area contributed by atoms with Gasteiger partial charge in [0.1, 0.15) is 0 Å². The molecule has 2 amide bonds. The second-order valence-corrected chi connectivity index (χ2v) is 11.4. The summed E-state index contributed by atoms with van der Waals surface area (Å²) < 4.78 is 0. The molecular weight excluding hydrogens is 372 g/mol. The lowest BCUT2D eigenvalue weighted by Crippen LogP contribution is -2.65. The van der Waals surface area contributed by atoms with Gasteiger partial charge in [-0.15, -0.1) is 0 Å². The lowest BCUT2D eigenvalue weighted by Gasteiger charge is -2.55. The number of amides is 2. The first-order valence-electron chi connectivity index (χ1n) is 10.5. The third-order valence-corrected chi connectivity index (χ3v) is 6.77. The van der Waals surface area contributed by atoms with Gasteiger partial charge >= 0.3 is 0 Å². The first kappa shape index (κ1) is 24.1. The number of piperidine rings is 2. The summed E-state index contributed by atoms with van der Waals surface area (Å²) >= 11 is 0. The van der Waals surface area contributed by atoms with Crippen LogP contribution in [0.2, 0.25) is 0 Å². The molecule has 0 saturated carbocycles. The third-order valence-electron chi connectivity index (χ3n) is 6.77. The normalized spacial score (nSPS) is 27.4. The van der Waals surface area contributed by atoms with Gasteiger partial charge in [0.25, 0.3) is 0 Å².